The molecule has 0 bridgehead atoms. The van der Waals surface area contributed by atoms with Crippen molar-refractivity contribution < 1.29 is 4.79 Å². The van der Waals surface area contributed by atoms with Crippen LogP contribution in [0, 0.1) is 6.20 Å². The van der Waals surface area contributed by atoms with Gasteiger partial charge in [0.05, 0.1) is 5.69 Å². The van der Waals surface area contributed by atoms with Crippen molar-refractivity contribution in [1.82, 2.24) is 9.78 Å². The molecule has 0 fully saturated rings. The van der Waals surface area contributed by atoms with Gasteiger partial charge in [-0.25, -0.2) is 4.79 Å². The number of benzene rings is 2. The second-order valence-electron chi connectivity index (χ2n) is 7.01. The fourth-order valence-corrected chi connectivity index (χ4v) is 3.73. The van der Waals surface area contributed by atoms with Gasteiger partial charge in [-0.05, 0) is 23.3 Å². The first kappa shape index (κ1) is 17.1. The van der Waals surface area contributed by atoms with Gasteiger partial charge in [-0.1, -0.05) is 54.6 Å². The lowest BCUT2D eigenvalue weighted by atomic mass is 9.68. The van der Waals surface area contributed by atoms with Crippen molar-refractivity contribution in [2.75, 3.05) is 19.0 Å². The first-order valence-corrected chi connectivity index (χ1v) is 8.83. The van der Waals surface area contributed by atoms with Crippen molar-refractivity contribution in [3.8, 4) is 0 Å². The third-order valence-electron chi connectivity index (χ3n) is 5.21. The van der Waals surface area contributed by atoms with E-state index in [0.717, 1.165) is 28.1 Å². The van der Waals surface area contributed by atoms with Gasteiger partial charge in [-0.2, -0.15) is 9.78 Å². The molecule has 0 aliphatic heterocycles. The van der Waals surface area contributed by atoms with Crippen LogP contribution in [0.5, 0.6) is 0 Å². The molecule has 1 unspecified atom stereocenters. The zero-order chi connectivity index (χ0) is 19.0. The Labute approximate surface area is 158 Å². The van der Waals surface area contributed by atoms with Crippen LogP contribution in [0.2, 0.25) is 0 Å². The molecule has 2 aromatic carbocycles. The zero-order valence-corrected chi connectivity index (χ0v) is 15.4. The fourth-order valence-electron chi connectivity index (χ4n) is 3.73. The van der Waals surface area contributed by atoms with Crippen LogP contribution in [-0.4, -0.2) is 29.9 Å². The summed E-state index contributed by atoms with van der Waals surface area (Å²) in [4.78, 5) is 13.9. The second kappa shape index (κ2) is 6.43. The zero-order valence-electron chi connectivity index (χ0n) is 15.4. The summed E-state index contributed by atoms with van der Waals surface area (Å²) in [6.45, 7) is 0. The predicted molar refractivity (Wildman–Crippen MR) is 107 cm³/mol. The Kier molecular flexibility index (Phi) is 4.07. The molecule has 5 heteroatoms. The lowest BCUT2D eigenvalue weighted by Gasteiger charge is -2.35. The Morgan fingerprint density at radius 3 is 2.41 bits per heavy atom. The maximum Gasteiger partial charge on any atom is 0.339 e. The first-order chi connectivity index (χ1) is 13.0. The summed E-state index contributed by atoms with van der Waals surface area (Å²) in [5.41, 5.74) is 10.1. The Balaban J connectivity index is 1.89. The second-order valence-corrected chi connectivity index (χ2v) is 7.01. The molecular weight excluding hydrogens is 336 g/mol. The molecule has 1 heterocycles. The number of aromatic nitrogens is 2. The number of nitrogens with two attached hydrogens (primary N) is 1. The smallest absolute Gasteiger partial charge is 0.339 e. The van der Waals surface area contributed by atoms with E-state index in [1.807, 2.05) is 38.4 Å². The summed E-state index contributed by atoms with van der Waals surface area (Å²) in [6, 6.07) is 18.2. The van der Waals surface area contributed by atoms with Crippen LogP contribution in [-0.2, 0) is 11.8 Å². The molecule has 135 valence electrons. The Morgan fingerprint density at radius 2 is 1.78 bits per heavy atom. The van der Waals surface area contributed by atoms with Crippen LogP contribution in [0.15, 0.2) is 60.7 Å². The molecule has 2 N–H and O–H groups in total. The monoisotopic (exact) mass is 357 g/mol. The van der Waals surface area contributed by atoms with Crippen LogP contribution < -0.4 is 10.6 Å². The van der Waals surface area contributed by atoms with E-state index in [2.05, 4.69) is 58.7 Å². The number of allylic oxidation sites excluding steroid dienone is 1. The Bertz CT molecular complexity index is 1000. The third kappa shape index (κ3) is 2.81. The van der Waals surface area contributed by atoms with Crippen molar-refractivity contribution in [3.63, 3.8) is 0 Å². The highest BCUT2D eigenvalue weighted by Crippen LogP contribution is 2.41. The number of carbonyl (C=O) groups excluding carboxylic acids is 1. The summed E-state index contributed by atoms with van der Waals surface area (Å²) in [5, 5.41) is 4.05. The number of primary amides is 1. The summed E-state index contributed by atoms with van der Waals surface area (Å²) in [5.74, 6) is 0. The van der Waals surface area contributed by atoms with Crippen LogP contribution in [0.25, 0.3) is 6.08 Å². The molecule has 1 atom stereocenters. The van der Waals surface area contributed by atoms with Gasteiger partial charge in [0.2, 0.25) is 0 Å². The topological polar surface area (TPSA) is 64.2 Å². The first-order valence-electron chi connectivity index (χ1n) is 8.83. The van der Waals surface area contributed by atoms with Crippen molar-refractivity contribution in [2.45, 2.75) is 11.8 Å². The summed E-state index contributed by atoms with van der Waals surface area (Å²) in [7, 11) is 4.05. The quantitative estimate of drug-likeness (QED) is 0.783. The van der Waals surface area contributed by atoms with Crippen LogP contribution >= 0.6 is 0 Å². The van der Waals surface area contributed by atoms with Gasteiger partial charge < -0.3 is 10.6 Å². The normalized spacial score (nSPS) is 18.1. The SMILES string of the molecule is CN(C)c1ccc(C2(c3ccccc3)C=Cc3[c]nn(C(N)=O)c3C2)cc1. The number of anilines is 1. The van der Waals surface area contributed by atoms with Crippen LogP contribution in [0.3, 0.4) is 0 Å². The lowest BCUT2D eigenvalue weighted by molar-refractivity contribution is 0.246. The summed E-state index contributed by atoms with van der Waals surface area (Å²) in [6.07, 6.45) is 7.64. The molecule has 5 nitrogen and oxygen atoms in total. The molecule has 3 aromatic rings. The number of amides is 1. The van der Waals surface area contributed by atoms with Gasteiger partial charge in [0.25, 0.3) is 0 Å². The summed E-state index contributed by atoms with van der Waals surface area (Å²) < 4.78 is 1.25. The van der Waals surface area contributed by atoms with Crippen molar-refractivity contribution in [1.29, 1.82) is 0 Å². The molecule has 27 heavy (non-hydrogen) atoms. The maximum absolute atomic E-state index is 11.8. The van der Waals surface area contributed by atoms with E-state index >= 15 is 0 Å². The number of rotatable bonds is 3. The highest BCUT2D eigenvalue weighted by Gasteiger charge is 2.37. The van der Waals surface area contributed by atoms with Gasteiger partial charge in [-0.3, -0.25) is 0 Å². The van der Waals surface area contributed by atoms with E-state index in [-0.39, 0.29) is 0 Å². The number of hydrogen-bond acceptors (Lipinski definition) is 3. The molecule has 1 radical (unpaired) electrons. The highest BCUT2D eigenvalue weighted by molar-refractivity contribution is 5.77. The van der Waals surface area contributed by atoms with Gasteiger partial charge in [0, 0.05) is 37.2 Å². The lowest BCUT2D eigenvalue weighted by Crippen LogP contribution is -2.33. The van der Waals surface area contributed by atoms with E-state index < -0.39 is 11.4 Å². The average molecular weight is 357 g/mol. The van der Waals surface area contributed by atoms with Crippen molar-refractivity contribution >= 4 is 17.8 Å². The standard InChI is InChI=1S/C22H21N4O/c1-25(2)19-10-8-18(9-11-19)22(17-6-4-3-5-7-17)13-12-16-15-24-26(21(23)27)20(16)14-22/h3-13H,14H2,1-2H3,(H2,23,27). The molecule has 0 saturated carbocycles. The minimum absolute atomic E-state index is 0.403. The number of fused-ring (bicyclic) bond motifs is 1. The van der Waals surface area contributed by atoms with E-state index in [1.165, 1.54) is 4.68 Å². The van der Waals surface area contributed by atoms with E-state index in [1.54, 1.807) is 0 Å². The van der Waals surface area contributed by atoms with Crippen molar-refractivity contribution in [2.24, 2.45) is 5.73 Å². The molecule has 1 aliphatic rings. The number of nitrogens with zero attached hydrogens (tertiary/aromatic N) is 3. The third-order valence-corrected chi connectivity index (χ3v) is 5.21. The van der Waals surface area contributed by atoms with Crippen LogP contribution in [0.4, 0.5) is 10.5 Å². The van der Waals surface area contributed by atoms with Gasteiger partial charge in [0.1, 0.15) is 6.20 Å². The highest BCUT2D eigenvalue weighted by atomic mass is 16.2. The average Bonchev–Trinajstić information content (AvgIpc) is 3.12. The minimum atomic E-state index is -0.590. The van der Waals surface area contributed by atoms with Crippen molar-refractivity contribution in [3.05, 3.63) is 89.3 Å². The maximum atomic E-state index is 11.8. The van der Waals surface area contributed by atoms with Gasteiger partial charge >= 0.3 is 6.03 Å². The number of carbonyl (C=O) groups is 1. The Morgan fingerprint density at radius 1 is 1.11 bits per heavy atom. The molecular formula is C22H21N4O. The molecule has 1 amide bonds. The summed E-state index contributed by atoms with van der Waals surface area (Å²) >= 11 is 0. The van der Waals surface area contributed by atoms with Gasteiger partial charge in [-0.15, -0.1) is 0 Å². The molecule has 4 rings (SSSR count). The molecule has 0 spiro atoms. The number of hydrogen-bond donors (Lipinski definition) is 1. The van der Waals surface area contributed by atoms with E-state index in [9.17, 15) is 4.79 Å². The van der Waals surface area contributed by atoms with E-state index in [0.29, 0.717) is 6.42 Å². The molecule has 1 aromatic heterocycles. The Hall–Kier alpha value is -3.34. The molecule has 1 aliphatic carbocycles. The largest absolute Gasteiger partial charge is 0.378 e. The molecule has 0 saturated heterocycles. The minimum Gasteiger partial charge on any atom is -0.378 e. The van der Waals surface area contributed by atoms with Crippen LogP contribution in [0.1, 0.15) is 22.4 Å². The van der Waals surface area contributed by atoms with Gasteiger partial charge in [0.15, 0.2) is 0 Å². The fraction of sp³-hybridized carbons (Fsp3) is 0.182. The van der Waals surface area contributed by atoms with E-state index in [4.69, 9.17) is 5.73 Å². The predicted octanol–water partition coefficient (Wildman–Crippen LogP) is 3.23.